The average molecular weight is 321 g/mol. The van der Waals surface area contributed by atoms with Crippen LogP contribution in [0.2, 0.25) is 0 Å². The summed E-state index contributed by atoms with van der Waals surface area (Å²) in [6, 6.07) is 0.0565. The molecule has 3 rings (SSSR count). The molecule has 2 heterocycles. The molecule has 19 heavy (non-hydrogen) atoms. The highest BCUT2D eigenvalue weighted by molar-refractivity contribution is 9.10. The number of fused-ring (bicyclic) bond motifs is 1. The average Bonchev–Trinajstić information content (AvgIpc) is 2.81. The third-order valence-corrected chi connectivity index (χ3v) is 4.65. The molecule has 98 valence electrons. The topological polar surface area (TPSA) is 49.7 Å². The molecular weight excluding hydrogens is 308 g/mol. The summed E-state index contributed by atoms with van der Waals surface area (Å²) >= 11 is 3.34. The number of likely N-dealkylation sites (N-methyl/N-ethyl adjacent to an activating group) is 1. The molecule has 3 aliphatic rings. The van der Waals surface area contributed by atoms with E-state index in [0.29, 0.717) is 5.57 Å². The van der Waals surface area contributed by atoms with Crippen molar-refractivity contribution in [3.8, 4) is 0 Å². The van der Waals surface area contributed by atoms with Crippen molar-refractivity contribution in [1.29, 1.82) is 0 Å². The van der Waals surface area contributed by atoms with Gasteiger partial charge in [-0.05, 0) is 12.5 Å². The van der Waals surface area contributed by atoms with Crippen LogP contribution in [0.15, 0.2) is 40.4 Å². The molecule has 0 spiro atoms. The van der Waals surface area contributed by atoms with Crippen LogP contribution >= 0.6 is 15.9 Å². The van der Waals surface area contributed by atoms with Crippen molar-refractivity contribution in [3.05, 3.63) is 35.5 Å². The minimum Gasteiger partial charge on any atom is -0.281 e. The van der Waals surface area contributed by atoms with Crippen molar-refractivity contribution in [2.24, 2.45) is 10.9 Å². The Kier molecular flexibility index (Phi) is 2.82. The molecule has 1 fully saturated rings. The standard InChI is InChI=1S/C14H13BrN2O2/c1-7-10(8-5-3-4-6-9(8)16-7)11-12(15)14(19)17(2)13(11)18/h3-6,8-9,12H,1-2H3/b11-10-. The second-order valence-electron chi connectivity index (χ2n) is 4.89. The summed E-state index contributed by atoms with van der Waals surface area (Å²) in [6.07, 6.45) is 7.99. The molecule has 1 saturated heterocycles. The number of halogens is 1. The Morgan fingerprint density at radius 2 is 1.89 bits per heavy atom. The Morgan fingerprint density at radius 3 is 2.53 bits per heavy atom. The third-order valence-electron chi connectivity index (χ3n) is 3.80. The number of alkyl halides is 1. The molecule has 0 bridgehead atoms. The fraction of sp³-hybridized carbons (Fsp3) is 0.357. The van der Waals surface area contributed by atoms with Gasteiger partial charge >= 0.3 is 0 Å². The summed E-state index contributed by atoms with van der Waals surface area (Å²) in [4.78, 5) is 29.3. The second-order valence-corrected chi connectivity index (χ2v) is 5.81. The first-order valence-corrected chi connectivity index (χ1v) is 7.03. The van der Waals surface area contributed by atoms with Crippen LogP contribution in [0.25, 0.3) is 0 Å². The Bertz CT molecular complexity index is 601. The fourth-order valence-corrected chi connectivity index (χ4v) is 3.58. The molecule has 0 N–H and O–H groups in total. The number of imide groups is 1. The van der Waals surface area contributed by atoms with Gasteiger partial charge in [-0.15, -0.1) is 0 Å². The van der Waals surface area contributed by atoms with E-state index >= 15 is 0 Å². The Morgan fingerprint density at radius 1 is 1.21 bits per heavy atom. The quantitative estimate of drug-likeness (QED) is 0.387. The van der Waals surface area contributed by atoms with Gasteiger partial charge in [0.05, 0.1) is 6.04 Å². The lowest BCUT2D eigenvalue weighted by atomic mass is 9.86. The summed E-state index contributed by atoms with van der Waals surface area (Å²) < 4.78 is 0. The molecule has 3 atom stereocenters. The lowest BCUT2D eigenvalue weighted by Crippen LogP contribution is -2.26. The number of carbonyl (C=O) groups excluding carboxylic acids is 2. The second kappa shape index (κ2) is 4.27. The van der Waals surface area contributed by atoms with Gasteiger partial charge in [0, 0.05) is 24.3 Å². The fourth-order valence-electron chi connectivity index (χ4n) is 2.83. The maximum absolute atomic E-state index is 12.3. The highest BCUT2D eigenvalue weighted by Crippen LogP contribution is 2.38. The maximum atomic E-state index is 12.3. The van der Waals surface area contributed by atoms with Crippen LogP contribution in [0.1, 0.15) is 6.92 Å². The highest BCUT2D eigenvalue weighted by Gasteiger charge is 2.45. The predicted molar refractivity (Wildman–Crippen MR) is 76.2 cm³/mol. The smallest absolute Gasteiger partial charge is 0.258 e. The first kappa shape index (κ1) is 12.5. The molecule has 3 unspecified atom stereocenters. The largest absolute Gasteiger partial charge is 0.281 e. The molecule has 2 aliphatic heterocycles. The highest BCUT2D eigenvalue weighted by atomic mass is 79.9. The van der Waals surface area contributed by atoms with Gasteiger partial charge in [-0.2, -0.15) is 0 Å². The van der Waals surface area contributed by atoms with E-state index in [2.05, 4.69) is 20.9 Å². The number of nitrogens with zero attached hydrogens (tertiary/aromatic N) is 2. The summed E-state index contributed by atoms with van der Waals surface area (Å²) in [5.74, 6) is -0.359. The summed E-state index contributed by atoms with van der Waals surface area (Å²) in [7, 11) is 1.52. The third kappa shape index (κ3) is 1.68. The van der Waals surface area contributed by atoms with Crippen LogP contribution in [-0.4, -0.2) is 40.3 Å². The van der Waals surface area contributed by atoms with Gasteiger partial charge in [0.25, 0.3) is 5.91 Å². The molecule has 1 aliphatic carbocycles. The van der Waals surface area contributed by atoms with Gasteiger partial charge in [0.15, 0.2) is 0 Å². The Hall–Kier alpha value is -1.49. The van der Waals surface area contributed by atoms with E-state index in [1.807, 2.05) is 31.2 Å². The number of aliphatic imine (C=N–C) groups is 1. The Labute approximate surface area is 119 Å². The van der Waals surface area contributed by atoms with Crippen LogP contribution in [0.5, 0.6) is 0 Å². The SMILES string of the molecule is CC1=NC2C=CC=CC2/C1=C1\C(=O)N(C)C(=O)C1Br. The minimum absolute atomic E-state index is 0.0565. The molecule has 0 radical (unpaired) electrons. The number of likely N-dealkylation sites (tertiary alicyclic amines) is 1. The van der Waals surface area contributed by atoms with Crippen LogP contribution in [0.3, 0.4) is 0 Å². The number of rotatable bonds is 0. The lowest BCUT2D eigenvalue weighted by Gasteiger charge is -2.17. The van der Waals surface area contributed by atoms with E-state index in [0.717, 1.165) is 11.3 Å². The van der Waals surface area contributed by atoms with Crippen molar-refractivity contribution >= 4 is 33.5 Å². The van der Waals surface area contributed by atoms with Gasteiger partial charge < -0.3 is 0 Å². The number of allylic oxidation sites excluding steroid dienone is 2. The molecule has 0 aromatic rings. The van der Waals surface area contributed by atoms with Gasteiger partial charge in [-0.3, -0.25) is 19.5 Å². The van der Waals surface area contributed by atoms with Crippen molar-refractivity contribution in [1.82, 2.24) is 4.90 Å². The van der Waals surface area contributed by atoms with Gasteiger partial charge in [-0.25, -0.2) is 0 Å². The van der Waals surface area contributed by atoms with Gasteiger partial charge in [0.1, 0.15) is 4.83 Å². The van der Waals surface area contributed by atoms with Crippen molar-refractivity contribution in [2.45, 2.75) is 17.8 Å². The van der Waals surface area contributed by atoms with Crippen molar-refractivity contribution < 1.29 is 9.59 Å². The normalized spacial score (nSPS) is 37.1. The maximum Gasteiger partial charge on any atom is 0.258 e. The van der Waals surface area contributed by atoms with Crippen molar-refractivity contribution in [2.75, 3.05) is 7.05 Å². The molecule has 0 aromatic carbocycles. The predicted octanol–water partition coefficient (Wildman–Crippen LogP) is 1.63. The number of hydrogen-bond acceptors (Lipinski definition) is 3. The molecule has 0 aromatic heterocycles. The van der Waals surface area contributed by atoms with E-state index in [1.54, 1.807) is 0 Å². The van der Waals surface area contributed by atoms with Gasteiger partial charge in [-0.1, -0.05) is 40.2 Å². The van der Waals surface area contributed by atoms with Crippen molar-refractivity contribution in [3.63, 3.8) is 0 Å². The first-order chi connectivity index (χ1) is 9.02. The van der Waals surface area contributed by atoms with Crippen LogP contribution in [0.4, 0.5) is 0 Å². The number of carbonyl (C=O) groups is 2. The summed E-state index contributed by atoms with van der Waals surface area (Å²) in [5, 5.41) is 0. The van der Waals surface area contributed by atoms with Crippen LogP contribution in [-0.2, 0) is 9.59 Å². The zero-order valence-electron chi connectivity index (χ0n) is 10.6. The molecule has 5 heteroatoms. The van der Waals surface area contributed by atoms with E-state index in [-0.39, 0.29) is 23.8 Å². The van der Waals surface area contributed by atoms with E-state index in [9.17, 15) is 9.59 Å². The molecule has 0 saturated carbocycles. The Balaban J connectivity index is 2.15. The van der Waals surface area contributed by atoms with E-state index < -0.39 is 4.83 Å². The minimum atomic E-state index is -0.553. The zero-order chi connectivity index (χ0) is 13.7. The van der Waals surface area contributed by atoms with E-state index in [4.69, 9.17) is 0 Å². The summed E-state index contributed by atoms with van der Waals surface area (Å²) in [6.45, 7) is 1.90. The van der Waals surface area contributed by atoms with E-state index in [1.165, 1.54) is 11.9 Å². The van der Waals surface area contributed by atoms with Crippen LogP contribution in [0, 0.1) is 5.92 Å². The molecular formula is C14H13BrN2O2. The lowest BCUT2D eigenvalue weighted by molar-refractivity contribution is -0.135. The molecule has 4 nitrogen and oxygen atoms in total. The van der Waals surface area contributed by atoms with Crippen LogP contribution < -0.4 is 0 Å². The monoisotopic (exact) mass is 320 g/mol. The zero-order valence-corrected chi connectivity index (χ0v) is 12.2. The van der Waals surface area contributed by atoms with Gasteiger partial charge in [0.2, 0.25) is 5.91 Å². The molecule has 2 amide bonds. The summed E-state index contributed by atoms with van der Waals surface area (Å²) in [5.41, 5.74) is 2.29. The number of hydrogen-bond donors (Lipinski definition) is 0. The first-order valence-electron chi connectivity index (χ1n) is 6.12. The number of amides is 2.